The average molecular weight is 235 g/mol. The van der Waals surface area contributed by atoms with Gasteiger partial charge >= 0.3 is 5.97 Å². The summed E-state index contributed by atoms with van der Waals surface area (Å²) in [4.78, 5) is 11.4. The van der Waals surface area contributed by atoms with E-state index in [1.165, 1.54) is 0 Å². The van der Waals surface area contributed by atoms with Crippen LogP contribution in [0, 0.1) is 0 Å². The molecule has 1 atom stereocenters. The van der Waals surface area contributed by atoms with Crippen LogP contribution in [-0.4, -0.2) is 48.9 Å². The highest BCUT2D eigenvalue weighted by Gasteiger charge is 2.16. The molecule has 0 aromatic rings. The van der Waals surface area contributed by atoms with Crippen molar-refractivity contribution < 1.29 is 14.6 Å². The summed E-state index contributed by atoms with van der Waals surface area (Å²) < 4.78 is 4.92. The fourth-order valence-electron chi connectivity index (χ4n) is 1.09. The van der Waals surface area contributed by atoms with Crippen molar-refractivity contribution in [3.05, 3.63) is 0 Å². The molecule has 2 N–H and O–H groups in total. The van der Waals surface area contributed by atoms with Crippen LogP contribution in [0.1, 0.15) is 19.8 Å². The summed E-state index contributed by atoms with van der Waals surface area (Å²) in [6.45, 7) is 2.47. The van der Waals surface area contributed by atoms with Crippen LogP contribution in [0.4, 0.5) is 0 Å². The third-order valence-corrected chi connectivity index (χ3v) is 3.02. The number of aliphatic hydroxyl groups is 1. The van der Waals surface area contributed by atoms with Crippen molar-refractivity contribution >= 4 is 17.7 Å². The number of esters is 1. The molecule has 0 spiro atoms. The molecule has 0 radical (unpaired) electrons. The molecule has 0 aromatic carbocycles. The predicted molar refractivity (Wildman–Crippen MR) is 63.1 cm³/mol. The molecular formula is C10H21NO3S. The fourth-order valence-corrected chi connectivity index (χ4v) is 2.03. The van der Waals surface area contributed by atoms with E-state index in [9.17, 15) is 4.79 Å². The molecule has 0 heterocycles. The average Bonchev–Trinajstić information content (AvgIpc) is 2.23. The molecule has 0 fully saturated rings. The lowest BCUT2D eigenvalue weighted by Gasteiger charge is -2.13. The van der Waals surface area contributed by atoms with Gasteiger partial charge in [0.15, 0.2) is 0 Å². The van der Waals surface area contributed by atoms with E-state index in [0.29, 0.717) is 6.61 Å². The summed E-state index contributed by atoms with van der Waals surface area (Å²) in [5, 5.41) is 11.5. The second-order valence-electron chi connectivity index (χ2n) is 3.07. The van der Waals surface area contributed by atoms with Crippen LogP contribution in [0.5, 0.6) is 0 Å². The van der Waals surface area contributed by atoms with Crippen molar-refractivity contribution in [2.75, 3.05) is 31.8 Å². The zero-order valence-corrected chi connectivity index (χ0v) is 10.3. The van der Waals surface area contributed by atoms with Crippen molar-refractivity contribution in [3.8, 4) is 0 Å². The molecule has 5 heteroatoms. The van der Waals surface area contributed by atoms with Gasteiger partial charge in [0.2, 0.25) is 0 Å². The molecule has 0 rings (SSSR count). The number of carbonyl (C=O) groups is 1. The van der Waals surface area contributed by atoms with Gasteiger partial charge in [0.1, 0.15) is 6.04 Å². The maximum Gasteiger partial charge on any atom is 0.323 e. The lowest BCUT2D eigenvalue weighted by molar-refractivity contribution is -0.145. The number of carbonyl (C=O) groups excluding carboxylic acids is 1. The van der Waals surface area contributed by atoms with Gasteiger partial charge in [-0.05, 0) is 38.3 Å². The summed E-state index contributed by atoms with van der Waals surface area (Å²) in [6.07, 6.45) is 1.58. The van der Waals surface area contributed by atoms with Crippen LogP contribution >= 0.6 is 11.8 Å². The van der Waals surface area contributed by atoms with Crippen molar-refractivity contribution in [1.29, 1.82) is 0 Å². The maximum atomic E-state index is 11.4. The molecule has 0 saturated heterocycles. The third-order valence-electron chi connectivity index (χ3n) is 1.92. The number of likely N-dealkylation sites (N-methyl/N-ethyl adjacent to an activating group) is 1. The van der Waals surface area contributed by atoms with Gasteiger partial charge in [-0.25, -0.2) is 0 Å². The third kappa shape index (κ3) is 7.64. The molecule has 90 valence electrons. The molecular weight excluding hydrogens is 214 g/mol. The van der Waals surface area contributed by atoms with Crippen LogP contribution in [0.25, 0.3) is 0 Å². The molecule has 0 bridgehead atoms. The Kier molecular flexibility index (Phi) is 10.1. The molecule has 15 heavy (non-hydrogen) atoms. The first-order valence-electron chi connectivity index (χ1n) is 5.28. The molecule has 4 nitrogen and oxygen atoms in total. The van der Waals surface area contributed by atoms with E-state index in [0.717, 1.165) is 24.3 Å². The Morgan fingerprint density at radius 1 is 1.53 bits per heavy atom. The van der Waals surface area contributed by atoms with Gasteiger partial charge in [-0.3, -0.25) is 4.79 Å². The Balaban J connectivity index is 3.56. The quantitative estimate of drug-likeness (QED) is 0.454. The van der Waals surface area contributed by atoms with E-state index in [2.05, 4.69) is 5.32 Å². The lowest BCUT2D eigenvalue weighted by Crippen LogP contribution is -2.36. The highest BCUT2D eigenvalue weighted by molar-refractivity contribution is 7.99. The largest absolute Gasteiger partial charge is 0.465 e. The minimum atomic E-state index is -0.202. The van der Waals surface area contributed by atoms with E-state index in [1.54, 1.807) is 25.7 Å². The summed E-state index contributed by atoms with van der Waals surface area (Å²) in [6, 6.07) is -0.202. The molecule has 0 aliphatic carbocycles. The molecule has 1 unspecified atom stereocenters. The standard InChI is InChI=1S/C10H21NO3S/c1-3-14-10(13)9(11-2)5-8-15-7-4-6-12/h9,11-12H,3-8H2,1-2H3. The Morgan fingerprint density at radius 3 is 2.80 bits per heavy atom. The number of thioether (sulfide) groups is 1. The zero-order valence-electron chi connectivity index (χ0n) is 9.49. The molecule has 0 amide bonds. The first-order chi connectivity index (χ1) is 7.26. The highest BCUT2D eigenvalue weighted by Crippen LogP contribution is 2.07. The van der Waals surface area contributed by atoms with Crippen molar-refractivity contribution in [2.24, 2.45) is 0 Å². The van der Waals surface area contributed by atoms with Gasteiger partial charge in [-0.2, -0.15) is 11.8 Å². The van der Waals surface area contributed by atoms with Gasteiger partial charge in [-0.1, -0.05) is 0 Å². The number of nitrogens with one attached hydrogen (secondary N) is 1. The van der Waals surface area contributed by atoms with Crippen LogP contribution < -0.4 is 5.32 Å². The molecule has 0 aliphatic rings. The highest BCUT2D eigenvalue weighted by atomic mass is 32.2. The Hall–Kier alpha value is -0.260. The first kappa shape index (κ1) is 14.7. The molecule has 0 aromatic heterocycles. The van der Waals surface area contributed by atoms with Crippen molar-refractivity contribution in [2.45, 2.75) is 25.8 Å². The van der Waals surface area contributed by atoms with Crippen LogP contribution in [0.2, 0.25) is 0 Å². The number of aliphatic hydroxyl groups excluding tert-OH is 1. The first-order valence-corrected chi connectivity index (χ1v) is 6.44. The van der Waals surface area contributed by atoms with Gasteiger partial charge in [0.25, 0.3) is 0 Å². The number of ether oxygens (including phenoxy) is 1. The number of hydrogen-bond donors (Lipinski definition) is 2. The number of rotatable bonds is 9. The van der Waals surface area contributed by atoms with Crippen molar-refractivity contribution in [1.82, 2.24) is 5.32 Å². The Labute approximate surface area is 95.8 Å². The summed E-state index contributed by atoms with van der Waals surface area (Å²) in [7, 11) is 1.76. The van der Waals surface area contributed by atoms with E-state index in [-0.39, 0.29) is 18.6 Å². The van der Waals surface area contributed by atoms with Gasteiger partial charge in [0, 0.05) is 6.61 Å². The van der Waals surface area contributed by atoms with E-state index in [1.807, 2.05) is 0 Å². The Morgan fingerprint density at radius 2 is 2.27 bits per heavy atom. The topological polar surface area (TPSA) is 58.6 Å². The summed E-state index contributed by atoms with van der Waals surface area (Å²) in [5.41, 5.74) is 0. The SMILES string of the molecule is CCOC(=O)C(CCSCCCO)NC. The predicted octanol–water partition coefficient (Wildman–Crippen LogP) is 0.643. The van der Waals surface area contributed by atoms with E-state index >= 15 is 0 Å². The van der Waals surface area contributed by atoms with E-state index < -0.39 is 0 Å². The number of hydrogen-bond acceptors (Lipinski definition) is 5. The van der Waals surface area contributed by atoms with Crippen LogP contribution in [-0.2, 0) is 9.53 Å². The van der Waals surface area contributed by atoms with Crippen LogP contribution in [0.3, 0.4) is 0 Å². The monoisotopic (exact) mass is 235 g/mol. The minimum absolute atomic E-state index is 0.178. The Bertz CT molecular complexity index is 167. The van der Waals surface area contributed by atoms with Gasteiger partial charge < -0.3 is 15.2 Å². The van der Waals surface area contributed by atoms with E-state index in [4.69, 9.17) is 9.84 Å². The van der Waals surface area contributed by atoms with Gasteiger partial charge in [0.05, 0.1) is 6.61 Å². The minimum Gasteiger partial charge on any atom is -0.465 e. The zero-order chi connectivity index (χ0) is 11.5. The molecule has 0 aliphatic heterocycles. The maximum absolute atomic E-state index is 11.4. The molecule has 0 saturated carbocycles. The normalized spacial score (nSPS) is 12.5. The smallest absolute Gasteiger partial charge is 0.323 e. The second-order valence-corrected chi connectivity index (χ2v) is 4.30. The fraction of sp³-hybridized carbons (Fsp3) is 0.900. The summed E-state index contributed by atoms with van der Waals surface area (Å²) in [5.74, 6) is 1.67. The van der Waals surface area contributed by atoms with Gasteiger partial charge in [-0.15, -0.1) is 0 Å². The lowest BCUT2D eigenvalue weighted by atomic mass is 10.2. The van der Waals surface area contributed by atoms with Crippen molar-refractivity contribution in [3.63, 3.8) is 0 Å². The van der Waals surface area contributed by atoms with Crippen LogP contribution in [0.15, 0.2) is 0 Å². The second kappa shape index (κ2) is 10.3. The summed E-state index contributed by atoms with van der Waals surface area (Å²) >= 11 is 1.75.